The van der Waals surface area contributed by atoms with E-state index in [1.807, 2.05) is 31.3 Å². The van der Waals surface area contributed by atoms with Crippen LogP contribution in [0.3, 0.4) is 0 Å². The van der Waals surface area contributed by atoms with Crippen molar-refractivity contribution in [1.29, 1.82) is 0 Å². The molecule has 0 radical (unpaired) electrons. The SMILES string of the molecule is Cn1c(-c2ccc(C3=CC[NH2+]CC3)o2)nc2ccccc21.[Cl-]. The molecule has 1 aliphatic heterocycles. The van der Waals surface area contributed by atoms with Gasteiger partial charge in [0.2, 0.25) is 0 Å². The molecule has 0 aliphatic carbocycles. The second-order valence-corrected chi connectivity index (χ2v) is 5.44. The van der Waals surface area contributed by atoms with Crippen molar-refractivity contribution >= 4 is 16.6 Å². The number of hydrogen-bond donors (Lipinski definition) is 1. The Morgan fingerprint density at radius 2 is 1.95 bits per heavy atom. The third-order valence-electron chi connectivity index (χ3n) is 4.08. The molecule has 2 aromatic heterocycles. The average molecular weight is 316 g/mol. The molecule has 1 aromatic carbocycles. The van der Waals surface area contributed by atoms with Crippen molar-refractivity contribution in [3.8, 4) is 11.6 Å². The molecule has 0 fully saturated rings. The third kappa shape index (κ3) is 2.45. The highest BCUT2D eigenvalue weighted by Crippen LogP contribution is 2.28. The number of halogens is 1. The molecule has 5 heteroatoms. The molecule has 0 atom stereocenters. The van der Waals surface area contributed by atoms with E-state index in [1.54, 1.807) is 0 Å². The van der Waals surface area contributed by atoms with Crippen LogP contribution in [0.2, 0.25) is 0 Å². The molecule has 3 aromatic rings. The maximum absolute atomic E-state index is 6.05. The number of fused-ring (bicyclic) bond motifs is 1. The first-order valence-corrected chi connectivity index (χ1v) is 7.35. The molecule has 4 nitrogen and oxygen atoms in total. The molecule has 0 unspecified atom stereocenters. The number of imidazole rings is 1. The molecule has 0 bridgehead atoms. The van der Waals surface area contributed by atoms with Gasteiger partial charge in [-0.05, 0) is 30.3 Å². The maximum Gasteiger partial charge on any atom is 0.177 e. The van der Waals surface area contributed by atoms with Gasteiger partial charge in [-0.2, -0.15) is 0 Å². The van der Waals surface area contributed by atoms with E-state index in [1.165, 1.54) is 5.57 Å². The zero-order valence-corrected chi connectivity index (χ0v) is 13.2. The van der Waals surface area contributed by atoms with Gasteiger partial charge >= 0.3 is 0 Å². The second-order valence-electron chi connectivity index (χ2n) is 5.44. The lowest BCUT2D eigenvalue weighted by Gasteiger charge is -2.09. The molecule has 0 spiro atoms. The first-order valence-electron chi connectivity index (χ1n) is 7.35. The Morgan fingerprint density at radius 1 is 1.14 bits per heavy atom. The topological polar surface area (TPSA) is 47.6 Å². The summed E-state index contributed by atoms with van der Waals surface area (Å²) in [6, 6.07) is 12.2. The summed E-state index contributed by atoms with van der Waals surface area (Å²) in [5.74, 6) is 2.69. The number of furan rings is 1. The van der Waals surface area contributed by atoms with Crippen LogP contribution in [0, 0.1) is 0 Å². The number of aromatic nitrogens is 2. The summed E-state index contributed by atoms with van der Waals surface area (Å²) in [6.45, 7) is 2.17. The zero-order valence-electron chi connectivity index (χ0n) is 12.4. The van der Waals surface area contributed by atoms with E-state index >= 15 is 0 Å². The van der Waals surface area contributed by atoms with E-state index in [2.05, 4.69) is 33.1 Å². The van der Waals surface area contributed by atoms with Crippen LogP contribution in [0.15, 0.2) is 46.9 Å². The summed E-state index contributed by atoms with van der Waals surface area (Å²) in [6.07, 6.45) is 3.32. The van der Waals surface area contributed by atoms with E-state index in [-0.39, 0.29) is 12.4 Å². The summed E-state index contributed by atoms with van der Waals surface area (Å²) in [4.78, 5) is 4.68. The minimum absolute atomic E-state index is 0. The molecular weight excluding hydrogens is 298 g/mol. The van der Waals surface area contributed by atoms with Crippen LogP contribution < -0.4 is 17.7 Å². The van der Waals surface area contributed by atoms with Crippen molar-refractivity contribution in [2.24, 2.45) is 7.05 Å². The first kappa shape index (κ1) is 14.9. The number of aryl methyl sites for hydroxylation is 1. The number of nitrogens with zero attached hydrogens (tertiary/aromatic N) is 2. The number of rotatable bonds is 2. The van der Waals surface area contributed by atoms with Crippen LogP contribution in [0.5, 0.6) is 0 Å². The quantitative estimate of drug-likeness (QED) is 0.672. The lowest BCUT2D eigenvalue weighted by Crippen LogP contribution is -3.00. The summed E-state index contributed by atoms with van der Waals surface area (Å²) in [7, 11) is 2.03. The van der Waals surface area contributed by atoms with E-state index in [0.717, 1.165) is 47.9 Å². The summed E-state index contributed by atoms with van der Waals surface area (Å²) in [5, 5.41) is 2.30. The minimum atomic E-state index is 0. The highest BCUT2D eigenvalue weighted by atomic mass is 35.5. The molecule has 4 rings (SSSR count). The Kier molecular flexibility index (Phi) is 4.05. The van der Waals surface area contributed by atoms with Crippen molar-refractivity contribution in [1.82, 2.24) is 9.55 Å². The fraction of sp³-hybridized carbons (Fsp3) is 0.235. The Bertz CT molecular complexity index is 831. The van der Waals surface area contributed by atoms with Gasteiger partial charge in [-0.25, -0.2) is 4.98 Å². The predicted molar refractivity (Wildman–Crippen MR) is 82.7 cm³/mol. The fourth-order valence-corrected chi connectivity index (χ4v) is 2.92. The Hall–Kier alpha value is -2.04. The van der Waals surface area contributed by atoms with Gasteiger partial charge in [0.1, 0.15) is 5.76 Å². The number of quaternary nitrogens is 1. The molecule has 0 saturated carbocycles. The largest absolute Gasteiger partial charge is 1.00 e. The number of benzene rings is 1. The fourth-order valence-electron chi connectivity index (χ4n) is 2.92. The molecule has 3 heterocycles. The van der Waals surface area contributed by atoms with Crippen molar-refractivity contribution in [3.63, 3.8) is 0 Å². The van der Waals surface area contributed by atoms with Crippen LogP contribution in [-0.2, 0) is 7.05 Å². The highest BCUT2D eigenvalue weighted by molar-refractivity contribution is 5.79. The molecule has 2 N–H and O–H groups in total. The van der Waals surface area contributed by atoms with Crippen LogP contribution in [0.25, 0.3) is 28.2 Å². The first-order chi connectivity index (χ1) is 10.3. The van der Waals surface area contributed by atoms with Gasteiger partial charge in [0.15, 0.2) is 11.6 Å². The standard InChI is InChI=1S/C17H17N3O.ClH/c1-20-14-5-3-2-4-13(14)19-17(20)16-7-6-15(21-16)12-8-10-18-11-9-12;/h2-8,18H,9-11H2,1H3;1H. The number of para-hydroxylation sites is 2. The second kappa shape index (κ2) is 5.99. The monoisotopic (exact) mass is 315 g/mol. The van der Waals surface area contributed by atoms with E-state index in [0.29, 0.717) is 0 Å². The lowest BCUT2D eigenvalue weighted by molar-refractivity contribution is -0.646. The molecule has 1 aliphatic rings. The smallest absolute Gasteiger partial charge is 0.177 e. The van der Waals surface area contributed by atoms with E-state index in [4.69, 9.17) is 4.42 Å². The maximum atomic E-state index is 6.05. The van der Waals surface area contributed by atoms with Gasteiger partial charge in [-0.3, -0.25) is 0 Å². The normalized spacial score (nSPS) is 14.7. The van der Waals surface area contributed by atoms with Gasteiger partial charge in [-0.1, -0.05) is 12.1 Å². The van der Waals surface area contributed by atoms with Gasteiger partial charge in [0.25, 0.3) is 0 Å². The Balaban J connectivity index is 0.00000144. The molecule has 22 heavy (non-hydrogen) atoms. The number of nitrogens with two attached hydrogens (primary N) is 1. The molecular formula is C17H18ClN3O. The van der Waals surface area contributed by atoms with Gasteiger partial charge in [0.05, 0.1) is 24.1 Å². The summed E-state index contributed by atoms with van der Waals surface area (Å²) < 4.78 is 8.14. The average Bonchev–Trinajstić information content (AvgIpc) is 3.14. The summed E-state index contributed by atoms with van der Waals surface area (Å²) >= 11 is 0. The highest BCUT2D eigenvalue weighted by Gasteiger charge is 2.16. The van der Waals surface area contributed by atoms with Crippen molar-refractivity contribution in [2.45, 2.75) is 6.42 Å². The van der Waals surface area contributed by atoms with Crippen molar-refractivity contribution in [3.05, 3.63) is 48.2 Å². The molecule has 114 valence electrons. The Morgan fingerprint density at radius 3 is 2.73 bits per heavy atom. The van der Waals surface area contributed by atoms with Crippen LogP contribution in [-0.4, -0.2) is 22.6 Å². The molecule has 0 amide bonds. The van der Waals surface area contributed by atoms with Crippen molar-refractivity contribution in [2.75, 3.05) is 13.1 Å². The Labute approximate surface area is 135 Å². The van der Waals surface area contributed by atoms with E-state index in [9.17, 15) is 0 Å². The molecule has 0 saturated heterocycles. The third-order valence-corrected chi connectivity index (χ3v) is 4.08. The van der Waals surface area contributed by atoms with Gasteiger partial charge in [-0.15, -0.1) is 0 Å². The van der Waals surface area contributed by atoms with Crippen LogP contribution >= 0.6 is 0 Å². The van der Waals surface area contributed by atoms with Gasteiger partial charge in [0, 0.05) is 19.0 Å². The lowest BCUT2D eigenvalue weighted by atomic mass is 10.1. The zero-order chi connectivity index (χ0) is 14.2. The number of hydrogen-bond acceptors (Lipinski definition) is 2. The van der Waals surface area contributed by atoms with Gasteiger partial charge < -0.3 is 26.7 Å². The predicted octanol–water partition coefficient (Wildman–Crippen LogP) is -0.812. The van der Waals surface area contributed by atoms with Crippen LogP contribution in [0.1, 0.15) is 12.2 Å². The van der Waals surface area contributed by atoms with Crippen LogP contribution in [0.4, 0.5) is 0 Å². The van der Waals surface area contributed by atoms with Crippen molar-refractivity contribution < 1.29 is 22.1 Å². The summed E-state index contributed by atoms with van der Waals surface area (Å²) in [5.41, 5.74) is 3.43. The van der Waals surface area contributed by atoms with E-state index < -0.39 is 0 Å². The minimum Gasteiger partial charge on any atom is -1.00 e.